The zero-order valence-electron chi connectivity index (χ0n) is 7.11. The molecule has 1 rings (SSSR count). The van der Waals surface area contributed by atoms with Gasteiger partial charge in [0, 0.05) is 6.20 Å². The quantitative estimate of drug-likeness (QED) is 0.790. The molecule has 0 aromatic carbocycles. The van der Waals surface area contributed by atoms with Crippen molar-refractivity contribution in [3.05, 3.63) is 16.9 Å². The highest BCUT2D eigenvalue weighted by Gasteiger charge is 2.05. The number of hydrogen-bond donors (Lipinski definition) is 2. The first-order valence-electron chi connectivity index (χ1n) is 3.74. The Hall–Kier alpha value is -1.37. The molecular weight excluding hydrogens is 254 g/mol. The molecule has 0 atom stereocenters. The minimum atomic E-state index is -1.07. The normalized spacial score (nSPS) is 9.79. The summed E-state index contributed by atoms with van der Waals surface area (Å²) < 4.78 is 2.17. The maximum Gasteiger partial charge on any atom is 0.322 e. The number of aliphatic carboxylic acids is 1. The van der Waals surface area contributed by atoms with Gasteiger partial charge in [-0.1, -0.05) is 0 Å². The number of amides is 1. The second-order valence-electron chi connectivity index (χ2n) is 2.53. The van der Waals surface area contributed by atoms with Gasteiger partial charge in [-0.3, -0.25) is 14.3 Å². The molecule has 76 valence electrons. The summed E-state index contributed by atoms with van der Waals surface area (Å²) in [6, 6.07) is 0. The number of nitrogens with zero attached hydrogens (tertiary/aromatic N) is 2. The predicted octanol–water partition coefficient (Wildman–Crippen LogP) is -0.154. The third-order valence-corrected chi connectivity index (χ3v) is 1.75. The van der Waals surface area contributed by atoms with Crippen molar-refractivity contribution in [3.63, 3.8) is 0 Å². The smallest absolute Gasteiger partial charge is 0.322 e. The van der Waals surface area contributed by atoms with Gasteiger partial charge in [0.05, 0.1) is 10.7 Å². The molecule has 2 N–H and O–H groups in total. The van der Waals surface area contributed by atoms with Crippen molar-refractivity contribution < 1.29 is 14.7 Å². The van der Waals surface area contributed by atoms with Crippen molar-refractivity contribution in [2.75, 3.05) is 6.54 Å². The minimum absolute atomic E-state index is 0.0128. The average molecular weight is 262 g/mol. The van der Waals surface area contributed by atoms with Crippen LogP contribution in [0.1, 0.15) is 0 Å². The highest BCUT2D eigenvalue weighted by Crippen LogP contribution is 2.05. The summed E-state index contributed by atoms with van der Waals surface area (Å²) in [6.45, 7) is -0.361. The van der Waals surface area contributed by atoms with Crippen LogP contribution in [0.3, 0.4) is 0 Å². The number of carboxylic acid groups (broad SMARTS) is 1. The van der Waals surface area contributed by atoms with E-state index < -0.39 is 5.97 Å². The lowest BCUT2D eigenvalue weighted by atomic mass is 10.5. The van der Waals surface area contributed by atoms with E-state index in [9.17, 15) is 9.59 Å². The van der Waals surface area contributed by atoms with Crippen molar-refractivity contribution in [2.45, 2.75) is 6.54 Å². The van der Waals surface area contributed by atoms with E-state index in [0.29, 0.717) is 0 Å². The van der Waals surface area contributed by atoms with Crippen LogP contribution in [0.5, 0.6) is 0 Å². The van der Waals surface area contributed by atoms with Crippen molar-refractivity contribution in [2.24, 2.45) is 0 Å². The van der Waals surface area contributed by atoms with Gasteiger partial charge in [0.15, 0.2) is 0 Å². The van der Waals surface area contributed by atoms with E-state index in [-0.39, 0.29) is 19.0 Å². The molecule has 0 unspecified atom stereocenters. The Bertz CT molecular complexity index is 350. The van der Waals surface area contributed by atoms with Gasteiger partial charge in [-0.2, -0.15) is 5.10 Å². The zero-order chi connectivity index (χ0) is 10.6. The Morgan fingerprint density at radius 2 is 2.36 bits per heavy atom. The number of carbonyl (C=O) groups is 2. The molecule has 1 amide bonds. The number of rotatable bonds is 4. The van der Waals surface area contributed by atoms with Crippen LogP contribution in [-0.4, -0.2) is 33.3 Å². The monoisotopic (exact) mass is 261 g/mol. The van der Waals surface area contributed by atoms with Gasteiger partial charge in [-0.05, 0) is 15.9 Å². The Morgan fingerprint density at radius 1 is 1.64 bits per heavy atom. The standard InChI is InChI=1S/C7H8BrN3O3/c8-5-1-10-11(3-5)4-6(12)9-2-7(13)14/h1,3H,2,4H2,(H,9,12)(H,13,14). The first kappa shape index (κ1) is 10.7. The summed E-state index contributed by atoms with van der Waals surface area (Å²) in [6.07, 6.45) is 3.17. The van der Waals surface area contributed by atoms with Gasteiger partial charge in [-0.15, -0.1) is 0 Å². The summed E-state index contributed by atoms with van der Waals surface area (Å²) >= 11 is 3.18. The third kappa shape index (κ3) is 3.56. The molecule has 6 nitrogen and oxygen atoms in total. The molecule has 14 heavy (non-hydrogen) atoms. The lowest BCUT2D eigenvalue weighted by Crippen LogP contribution is -2.32. The Labute approximate surface area is 88.0 Å². The second kappa shape index (κ2) is 4.75. The van der Waals surface area contributed by atoms with E-state index in [4.69, 9.17) is 5.11 Å². The van der Waals surface area contributed by atoms with E-state index in [2.05, 4.69) is 26.3 Å². The molecular formula is C7H8BrN3O3. The number of carbonyl (C=O) groups excluding carboxylic acids is 1. The van der Waals surface area contributed by atoms with Crippen molar-refractivity contribution in [3.8, 4) is 0 Å². The molecule has 0 aliphatic rings. The largest absolute Gasteiger partial charge is 0.480 e. The van der Waals surface area contributed by atoms with Gasteiger partial charge >= 0.3 is 5.97 Å². The van der Waals surface area contributed by atoms with Gasteiger partial charge < -0.3 is 10.4 Å². The van der Waals surface area contributed by atoms with Crippen LogP contribution in [0.25, 0.3) is 0 Å². The van der Waals surface area contributed by atoms with Crippen molar-refractivity contribution in [1.82, 2.24) is 15.1 Å². The lowest BCUT2D eigenvalue weighted by Gasteiger charge is -2.01. The molecule has 0 radical (unpaired) electrons. The molecule has 1 heterocycles. The maximum absolute atomic E-state index is 11.1. The van der Waals surface area contributed by atoms with Crippen LogP contribution in [0.15, 0.2) is 16.9 Å². The molecule has 0 saturated carbocycles. The molecule has 0 bridgehead atoms. The first-order valence-corrected chi connectivity index (χ1v) is 4.53. The van der Waals surface area contributed by atoms with Crippen molar-refractivity contribution in [1.29, 1.82) is 0 Å². The number of halogens is 1. The summed E-state index contributed by atoms with van der Waals surface area (Å²) in [7, 11) is 0. The van der Waals surface area contributed by atoms with Crippen LogP contribution >= 0.6 is 15.9 Å². The van der Waals surface area contributed by atoms with Crippen LogP contribution in [0.4, 0.5) is 0 Å². The van der Waals surface area contributed by atoms with E-state index in [1.54, 1.807) is 12.4 Å². The van der Waals surface area contributed by atoms with Gasteiger partial charge in [0.1, 0.15) is 13.1 Å². The lowest BCUT2D eigenvalue weighted by molar-refractivity contribution is -0.138. The third-order valence-electron chi connectivity index (χ3n) is 1.34. The van der Waals surface area contributed by atoms with Crippen LogP contribution in [0.2, 0.25) is 0 Å². The number of aromatic nitrogens is 2. The molecule has 1 aromatic heterocycles. The molecule has 7 heteroatoms. The topological polar surface area (TPSA) is 84.2 Å². The van der Waals surface area contributed by atoms with E-state index in [1.807, 2.05) is 0 Å². The van der Waals surface area contributed by atoms with E-state index in [0.717, 1.165) is 4.47 Å². The Balaban J connectivity index is 2.37. The minimum Gasteiger partial charge on any atom is -0.480 e. The summed E-state index contributed by atoms with van der Waals surface area (Å²) in [4.78, 5) is 21.2. The molecule has 0 saturated heterocycles. The molecule has 0 spiro atoms. The summed E-state index contributed by atoms with van der Waals surface area (Å²) in [5.74, 6) is -1.46. The Kier molecular flexibility index (Phi) is 3.63. The van der Waals surface area contributed by atoms with Crippen LogP contribution in [-0.2, 0) is 16.1 Å². The fourth-order valence-electron chi connectivity index (χ4n) is 0.802. The fourth-order valence-corrected chi connectivity index (χ4v) is 1.13. The average Bonchev–Trinajstić information content (AvgIpc) is 2.48. The van der Waals surface area contributed by atoms with Crippen LogP contribution < -0.4 is 5.32 Å². The zero-order valence-corrected chi connectivity index (χ0v) is 8.69. The van der Waals surface area contributed by atoms with Gasteiger partial charge in [-0.25, -0.2) is 0 Å². The summed E-state index contributed by atoms with van der Waals surface area (Å²) in [5, 5.41) is 14.4. The van der Waals surface area contributed by atoms with E-state index in [1.165, 1.54) is 4.68 Å². The number of carboxylic acids is 1. The first-order chi connectivity index (χ1) is 6.58. The predicted molar refractivity (Wildman–Crippen MR) is 50.6 cm³/mol. The molecule has 0 fully saturated rings. The number of nitrogens with one attached hydrogen (secondary N) is 1. The highest BCUT2D eigenvalue weighted by molar-refractivity contribution is 9.10. The second-order valence-corrected chi connectivity index (χ2v) is 3.44. The molecule has 0 aliphatic heterocycles. The molecule has 0 aliphatic carbocycles. The number of hydrogen-bond acceptors (Lipinski definition) is 3. The van der Waals surface area contributed by atoms with Crippen LogP contribution in [0, 0.1) is 0 Å². The SMILES string of the molecule is O=C(O)CNC(=O)Cn1cc(Br)cn1. The fraction of sp³-hybridized carbons (Fsp3) is 0.286. The molecule has 1 aromatic rings. The summed E-state index contributed by atoms with van der Waals surface area (Å²) in [5.41, 5.74) is 0. The van der Waals surface area contributed by atoms with Gasteiger partial charge in [0.2, 0.25) is 5.91 Å². The maximum atomic E-state index is 11.1. The highest BCUT2D eigenvalue weighted by atomic mass is 79.9. The van der Waals surface area contributed by atoms with E-state index >= 15 is 0 Å². The van der Waals surface area contributed by atoms with Gasteiger partial charge in [0.25, 0.3) is 0 Å². The van der Waals surface area contributed by atoms with Crippen molar-refractivity contribution >= 4 is 27.8 Å². The Morgan fingerprint density at radius 3 is 2.86 bits per heavy atom.